The van der Waals surface area contributed by atoms with E-state index in [1.165, 1.54) is 12.0 Å². The highest BCUT2D eigenvalue weighted by molar-refractivity contribution is 5.30. The van der Waals surface area contributed by atoms with Gasteiger partial charge in [0.05, 0.1) is 0 Å². The molecular weight excluding hydrogens is 236 g/mol. The standard InChI is InChI=1S/C16H20N2O/c1-18(2)13-5-6-14-8-10-15(11-9-14)19-16-7-3-4-12-17-16/h3-4,7-12H,5-6,13H2,1-2H3. The van der Waals surface area contributed by atoms with Gasteiger partial charge in [-0.2, -0.15) is 0 Å². The molecule has 100 valence electrons. The van der Waals surface area contributed by atoms with Gasteiger partial charge in [-0.15, -0.1) is 0 Å². The summed E-state index contributed by atoms with van der Waals surface area (Å²) in [4.78, 5) is 6.34. The van der Waals surface area contributed by atoms with Gasteiger partial charge >= 0.3 is 0 Å². The number of pyridine rings is 1. The summed E-state index contributed by atoms with van der Waals surface area (Å²) in [6, 6.07) is 13.9. The lowest BCUT2D eigenvalue weighted by Gasteiger charge is -2.09. The fourth-order valence-corrected chi connectivity index (χ4v) is 1.85. The Kier molecular flexibility index (Phi) is 4.93. The van der Waals surface area contributed by atoms with E-state index in [1.54, 1.807) is 6.20 Å². The van der Waals surface area contributed by atoms with Crippen molar-refractivity contribution < 1.29 is 4.74 Å². The van der Waals surface area contributed by atoms with Crippen molar-refractivity contribution >= 4 is 0 Å². The largest absolute Gasteiger partial charge is 0.439 e. The summed E-state index contributed by atoms with van der Waals surface area (Å²) in [5, 5.41) is 0. The lowest BCUT2D eigenvalue weighted by molar-refractivity contribution is 0.400. The smallest absolute Gasteiger partial charge is 0.219 e. The number of ether oxygens (including phenoxy) is 1. The van der Waals surface area contributed by atoms with Crippen LogP contribution >= 0.6 is 0 Å². The summed E-state index contributed by atoms with van der Waals surface area (Å²) in [6.45, 7) is 1.12. The SMILES string of the molecule is CN(C)CCCc1ccc(Oc2ccccn2)cc1. The fourth-order valence-electron chi connectivity index (χ4n) is 1.85. The molecule has 1 aromatic carbocycles. The highest BCUT2D eigenvalue weighted by Gasteiger charge is 1.99. The number of hydrogen-bond acceptors (Lipinski definition) is 3. The summed E-state index contributed by atoms with van der Waals surface area (Å²) in [5.74, 6) is 1.46. The van der Waals surface area contributed by atoms with Gasteiger partial charge in [-0.1, -0.05) is 18.2 Å². The van der Waals surface area contributed by atoms with E-state index in [2.05, 4.69) is 36.1 Å². The van der Waals surface area contributed by atoms with Crippen LogP contribution in [0.3, 0.4) is 0 Å². The van der Waals surface area contributed by atoms with Crippen LogP contribution in [0.25, 0.3) is 0 Å². The minimum absolute atomic E-state index is 0.628. The van der Waals surface area contributed by atoms with Crippen LogP contribution in [0.5, 0.6) is 11.6 Å². The zero-order valence-electron chi connectivity index (χ0n) is 11.5. The summed E-state index contributed by atoms with van der Waals surface area (Å²) < 4.78 is 5.66. The van der Waals surface area contributed by atoms with E-state index in [1.807, 2.05) is 30.3 Å². The third-order valence-electron chi connectivity index (χ3n) is 2.85. The van der Waals surface area contributed by atoms with Crippen LogP contribution in [0.15, 0.2) is 48.7 Å². The number of rotatable bonds is 6. The second kappa shape index (κ2) is 6.90. The molecule has 0 N–H and O–H groups in total. The Morgan fingerprint density at radius 1 is 1.05 bits per heavy atom. The maximum atomic E-state index is 5.66. The molecule has 0 aliphatic heterocycles. The number of hydrogen-bond donors (Lipinski definition) is 0. The molecule has 2 aromatic rings. The molecule has 0 aliphatic carbocycles. The summed E-state index contributed by atoms with van der Waals surface area (Å²) in [5.41, 5.74) is 1.34. The third kappa shape index (κ3) is 4.72. The van der Waals surface area contributed by atoms with E-state index in [0.717, 1.165) is 18.7 Å². The van der Waals surface area contributed by atoms with Crippen molar-refractivity contribution in [1.82, 2.24) is 9.88 Å². The molecule has 0 amide bonds. The Morgan fingerprint density at radius 3 is 2.47 bits per heavy atom. The Labute approximate surface area is 114 Å². The zero-order chi connectivity index (χ0) is 13.5. The average molecular weight is 256 g/mol. The number of aromatic nitrogens is 1. The second-order valence-electron chi connectivity index (χ2n) is 4.82. The van der Waals surface area contributed by atoms with Gasteiger partial charge in [0.1, 0.15) is 5.75 Å². The van der Waals surface area contributed by atoms with Crippen LogP contribution in [-0.2, 0) is 6.42 Å². The van der Waals surface area contributed by atoms with Crippen molar-refractivity contribution in [2.24, 2.45) is 0 Å². The van der Waals surface area contributed by atoms with E-state index < -0.39 is 0 Å². The molecule has 0 radical (unpaired) electrons. The predicted octanol–water partition coefficient (Wildman–Crippen LogP) is 3.37. The Morgan fingerprint density at radius 2 is 1.84 bits per heavy atom. The van der Waals surface area contributed by atoms with Gasteiger partial charge in [-0.3, -0.25) is 0 Å². The predicted molar refractivity (Wildman–Crippen MR) is 77.6 cm³/mol. The van der Waals surface area contributed by atoms with E-state index >= 15 is 0 Å². The van der Waals surface area contributed by atoms with Crippen molar-refractivity contribution in [3.63, 3.8) is 0 Å². The Balaban J connectivity index is 1.88. The fraction of sp³-hybridized carbons (Fsp3) is 0.312. The molecule has 0 saturated heterocycles. The summed E-state index contributed by atoms with van der Waals surface area (Å²) in [6.07, 6.45) is 4.00. The van der Waals surface area contributed by atoms with Crippen LogP contribution in [0.2, 0.25) is 0 Å². The van der Waals surface area contributed by atoms with Gasteiger partial charge in [-0.05, 0) is 57.2 Å². The number of benzene rings is 1. The molecule has 19 heavy (non-hydrogen) atoms. The first kappa shape index (κ1) is 13.6. The second-order valence-corrected chi connectivity index (χ2v) is 4.82. The first-order valence-electron chi connectivity index (χ1n) is 6.56. The summed E-state index contributed by atoms with van der Waals surface area (Å²) >= 11 is 0. The zero-order valence-corrected chi connectivity index (χ0v) is 11.5. The molecule has 0 atom stereocenters. The Bertz CT molecular complexity index is 480. The van der Waals surface area contributed by atoms with Crippen LogP contribution < -0.4 is 4.74 Å². The molecule has 0 aliphatic rings. The topological polar surface area (TPSA) is 25.4 Å². The molecule has 0 bridgehead atoms. The van der Waals surface area contributed by atoms with Gasteiger partial charge in [-0.25, -0.2) is 4.98 Å². The lowest BCUT2D eigenvalue weighted by Crippen LogP contribution is -2.13. The van der Waals surface area contributed by atoms with Crippen LogP contribution in [0.1, 0.15) is 12.0 Å². The quantitative estimate of drug-likeness (QED) is 0.792. The summed E-state index contributed by atoms with van der Waals surface area (Å²) in [7, 11) is 4.20. The maximum Gasteiger partial charge on any atom is 0.219 e. The van der Waals surface area contributed by atoms with Gasteiger partial charge in [0.25, 0.3) is 0 Å². The van der Waals surface area contributed by atoms with Crippen molar-refractivity contribution in [3.8, 4) is 11.6 Å². The highest BCUT2D eigenvalue weighted by atomic mass is 16.5. The van der Waals surface area contributed by atoms with Gasteiger partial charge in [0.15, 0.2) is 0 Å². The molecule has 0 saturated carbocycles. The van der Waals surface area contributed by atoms with E-state index in [0.29, 0.717) is 5.88 Å². The van der Waals surface area contributed by atoms with E-state index in [4.69, 9.17) is 4.74 Å². The lowest BCUT2D eigenvalue weighted by atomic mass is 10.1. The van der Waals surface area contributed by atoms with Crippen molar-refractivity contribution in [2.45, 2.75) is 12.8 Å². The molecule has 1 heterocycles. The van der Waals surface area contributed by atoms with Crippen molar-refractivity contribution in [2.75, 3.05) is 20.6 Å². The third-order valence-corrected chi connectivity index (χ3v) is 2.85. The molecule has 0 unspecified atom stereocenters. The number of aryl methyl sites for hydroxylation is 1. The molecule has 2 rings (SSSR count). The minimum Gasteiger partial charge on any atom is -0.439 e. The van der Waals surface area contributed by atoms with E-state index in [9.17, 15) is 0 Å². The Hall–Kier alpha value is -1.87. The first-order chi connectivity index (χ1) is 9.24. The maximum absolute atomic E-state index is 5.66. The van der Waals surface area contributed by atoms with Crippen LogP contribution in [-0.4, -0.2) is 30.5 Å². The normalized spacial score (nSPS) is 10.7. The van der Waals surface area contributed by atoms with Gasteiger partial charge in [0.2, 0.25) is 5.88 Å². The molecule has 0 spiro atoms. The van der Waals surface area contributed by atoms with Gasteiger partial charge in [0, 0.05) is 12.3 Å². The van der Waals surface area contributed by atoms with E-state index in [-0.39, 0.29) is 0 Å². The molecule has 0 fully saturated rings. The molecule has 3 heteroatoms. The minimum atomic E-state index is 0.628. The van der Waals surface area contributed by atoms with Crippen molar-refractivity contribution in [3.05, 3.63) is 54.2 Å². The number of nitrogens with zero attached hydrogens (tertiary/aromatic N) is 2. The van der Waals surface area contributed by atoms with Crippen LogP contribution in [0.4, 0.5) is 0 Å². The molecule has 3 nitrogen and oxygen atoms in total. The monoisotopic (exact) mass is 256 g/mol. The highest BCUT2D eigenvalue weighted by Crippen LogP contribution is 2.19. The van der Waals surface area contributed by atoms with Crippen molar-refractivity contribution in [1.29, 1.82) is 0 Å². The average Bonchev–Trinajstić information content (AvgIpc) is 2.42. The molecular formula is C16H20N2O. The first-order valence-corrected chi connectivity index (χ1v) is 6.56. The molecule has 1 aromatic heterocycles. The van der Waals surface area contributed by atoms with Crippen LogP contribution in [0, 0.1) is 0 Å². The van der Waals surface area contributed by atoms with Gasteiger partial charge < -0.3 is 9.64 Å².